The van der Waals surface area contributed by atoms with Crippen LogP contribution in [0, 0.1) is 12.7 Å². The molecule has 1 saturated heterocycles. The molecule has 2 N–H and O–H groups in total. The van der Waals surface area contributed by atoms with Crippen molar-refractivity contribution in [1.82, 2.24) is 4.90 Å². The van der Waals surface area contributed by atoms with Gasteiger partial charge in [0.25, 0.3) is 0 Å². The highest BCUT2D eigenvalue weighted by Crippen LogP contribution is 2.28. The molecule has 0 radical (unpaired) electrons. The number of ether oxygens (including phenoxy) is 1. The predicted molar refractivity (Wildman–Crippen MR) is 74.5 cm³/mol. The number of morpholine rings is 1. The van der Waals surface area contributed by atoms with E-state index in [9.17, 15) is 4.39 Å². The second kappa shape index (κ2) is 5.99. The van der Waals surface area contributed by atoms with Gasteiger partial charge in [-0.25, -0.2) is 4.39 Å². The lowest BCUT2D eigenvalue weighted by Gasteiger charge is -2.42. The first kappa shape index (κ1) is 14.4. The number of halogens is 1. The van der Waals surface area contributed by atoms with Gasteiger partial charge in [-0.15, -0.1) is 0 Å². The van der Waals surface area contributed by atoms with Crippen molar-refractivity contribution in [3.05, 3.63) is 35.1 Å². The molecule has 1 aromatic carbocycles. The van der Waals surface area contributed by atoms with E-state index in [0.717, 1.165) is 17.7 Å². The molecule has 3 unspecified atom stereocenters. The van der Waals surface area contributed by atoms with Crippen LogP contribution in [0.3, 0.4) is 0 Å². The Bertz CT molecular complexity index is 438. The standard InChI is InChI=1S/C15H23FN2O/c1-10-4-5-13(16)6-14(10)15(7-17)18-8-12(3)19-9-11(18)2/h4-6,11-12,15H,7-9,17H2,1-3H3. The van der Waals surface area contributed by atoms with Gasteiger partial charge in [-0.05, 0) is 44.0 Å². The average Bonchev–Trinajstić information content (AvgIpc) is 2.38. The van der Waals surface area contributed by atoms with Crippen LogP contribution in [0.15, 0.2) is 18.2 Å². The van der Waals surface area contributed by atoms with E-state index in [1.54, 1.807) is 6.07 Å². The van der Waals surface area contributed by atoms with Crippen LogP contribution >= 0.6 is 0 Å². The zero-order chi connectivity index (χ0) is 14.0. The summed E-state index contributed by atoms with van der Waals surface area (Å²) in [6.45, 7) is 8.21. The minimum Gasteiger partial charge on any atom is -0.376 e. The molecular formula is C15H23FN2O. The van der Waals surface area contributed by atoms with Gasteiger partial charge in [-0.1, -0.05) is 6.07 Å². The van der Waals surface area contributed by atoms with Crippen molar-refractivity contribution in [3.8, 4) is 0 Å². The molecule has 4 heteroatoms. The van der Waals surface area contributed by atoms with Crippen molar-refractivity contribution in [2.45, 2.75) is 39.0 Å². The lowest BCUT2D eigenvalue weighted by atomic mass is 9.97. The number of nitrogens with zero attached hydrogens (tertiary/aromatic N) is 1. The number of aryl methyl sites for hydroxylation is 1. The molecule has 1 aliphatic heterocycles. The second-order valence-corrected chi connectivity index (χ2v) is 5.44. The minimum absolute atomic E-state index is 0.0528. The van der Waals surface area contributed by atoms with Crippen molar-refractivity contribution in [2.24, 2.45) is 5.73 Å². The van der Waals surface area contributed by atoms with Crippen LogP contribution < -0.4 is 5.73 Å². The Balaban J connectivity index is 2.30. The van der Waals surface area contributed by atoms with Gasteiger partial charge in [-0.3, -0.25) is 4.90 Å². The SMILES string of the molecule is Cc1ccc(F)cc1C(CN)N1CC(C)OCC1C. The lowest BCUT2D eigenvalue weighted by Crippen LogP contribution is -2.50. The normalized spacial score (nSPS) is 26.4. The van der Waals surface area contributed by atoms with Gasteiger partial charge in [0, 0.05) is 25.2 Å². The van der Waals surface area contributed by atoms with Crippen molar-refractivity contribution < 1.29 is 9.13 Å². The Kier molecular flexibility index (Phi) is 4.55. The van der Waals surface area contributed by atoms with Crippen LogP contribution in [0.25, 0.3) is 0 Å². The Morgan fingerprint density at radius 3 is 2.89 bits per heavy atom. The first-order valence-corrected chi connectivity index (χ1v) is 6.86. The number of hydrogen-bond acceptors (Lipinski definition) is 3. The first-order chi connectivity index (χ1) is 9.02. The summed E-state index contributed by atoms with van der Waals surface area (Å²) in [6, 6.07) is 5.28. The summed E-state index contributed by atoms with van der Waals surface area (Å²) in [6.07, 6.45) is 0.194. The Morgan fingerprint density at radius 2 is 2.21 bits per heavy atom. The van der Waals surface area contributed by atoms with Crippen LogP contribution in [-0.2, 0) is 4.74 Å². The number of rotatable bonds is 3. The summed E-state index contributed by atoms with van der Waals surface area (Å²) in [5.74, 6) is -0.201. The highest BCUT2D eigenvalue weighted by Gasteiger charge is 2.30. The zero-order valence-electron chi connectivity index (χ0n) is 11.9. The third kappa shape index (κ3) is 3.14. The third-order valence-electron chi connectivity index (χ3n) is 3.88. The predicted octanol–water partition coefficient (Wildman–Crippen LogP) is 2.24. The van der Waals surface area contributed by atoms with Crippen LogP contribution in [0.2, 0.25) is 0 Å². The first-order valence-electron chi connectivity index (χ1n) is 6.86. The van der Waals surface area contributed by atoms with Gasteiger partial charge in [0.15, 0.2) is 0 Å². The molecule has 0 saturated carbocycles. The zero-order valence-corrected chi connectivity index (χ0v) is 11.9. The quantitative estimate of drug-likeness (QED) is 0.912. The molecule has 0 amide bonds. The Hall–Kier alpha value is -0.970. The number of benzene rings is 1. The van der Waals surface area contributed by atoms with E-state index in [2.05, 4.69) is 18.7 Å². The molecule has 3 atom stereocenters. The van der Waals surface area contributed by atoms with E-state index in [1.807, 2.05) is 13.0 Å². The van der Waals surface area contributed by atoms with Crippen molar-refractivity contribution >= 4 is 0 Å². The molecule has 1 heterocycles. The highest BCUT2D eigenvalue weighted by molar-refractivity contribution is 5.30. The van der Waals surface area contributed by atoms with E-state index < -0.39 is 0 Å². The fourth-order valence-electron chi connectivity index (χ4n) is 2.77. The van der Waals surface area contributed by atoms with E-state index in [4.69, 9.17) is 10.5 Å². The fraction of sp³-hybridized carbons (Fsp3) is 0.600. The Labute approximate surface area is 114 Å². The molecule has 0 aliphatic carbocycles. The molecule has 0 spiro atoms. The molecule has 19 heavy (non-hydrogen) atoms. The van der Waals surface area contributed by atoms with E-state index in [1.165, 1.54) is 6.07 Å². The van der Waals surface area contributed by atoms with Gasteiger partial charge in [0.05, 0.1) is 12.7 Å². The highest BCUT2D eigenvalue weighted by atomic mass is 19.1. The smallest absolute Gasteiger partial charge is 0.123 e. The van der Waals surface area contributed by atoms with Crippen LogP contribution in [0.4, 0.5) is 4.39 Å². The maximum Gasteiger partial charge on any atom is 0.123 e. The number of hydrogen-bond donors (Lipinski definition) is 1. The molecule has 1 aliphatic rings. The minimum atomic E-state index is -0.201. The van der Waals surface area contributed by atoms with E-state index in [-0.39, 0.29) is 18.0 Å². The van der Waals surface area contributed by atoms with E-state index in [0.29, 0.717) is 19.2 Å². The lowest BCUT2D eigenvalue weighted by molar-refractivity contribution is -0.0655. The molecule has 106 valence electrons. The molecule has 1 fully saturated rings. The van der Waals surface area contributed by atoms with Crippen LogP contribution in [0.1, 0.15) is 31.0 Å². The summed E-state index contributed by atoms with van der Waals surface area (Å²) in [5, 5.41) is 0. The second-order valence-electron chi connectivity index (χ2n) is 5.44. The summed E-state index contributed by atoms with van der Waals surface area (Å²) in [4.78, 5) is 2.33. The van der Waals surface area contributed by atoms with Gasteiger partial charge in [-0.2, -0.15) is 0 Å². The molecule has 0 bridgehead atoms. The van der Waals surface area contributed by atoms with Gasteiger partial charge in [0.2, 0.25) is 0 Å². The van der Waals surface area contributed by atoms with Gasteiger partial charge in [0.1, 0.15) is 5.82 Å². The van der Waals surface area contributed by atoms with Crippen molar-refractivity contribution in [2.75, 3.05) is 19.7 Å². The van der Waals surface area contributed by atoms with Gasteiger partial charge < -0.3 is 10.5 Å². The molecule has 3 nitrogen and oxygen atoms in total. The van der Waals surface area contributed by atoms with Gasteiger partial charge >= 0.3 is 0 Å². The van der Waals surface area contributed by atoms with Crippen LogP contribution in [-0.4, -0.2) is 36.7 Å². The molecule has 1 aromatic rings. The molecular weight excluding hydrogens is 243 g/mol. The number of nitrogens with two attached hydrogens (primary N) is 1. The van der Waals surface area contributed by atoms with Crippen molar-refractivity contribution in [1.29, 1.82) is 0 Å². The summed E-state index contributed by atoms with van der Waals surface area (Å²) in [7, 11) is 0. The summed E-state index contributed by atoms with van der Waals surface area (Å²) in [5.41, 5.74) is 8.03. The Morgan fingerprint density at radius 1 is 1.47 bits per heavy atom. The monoisotopic (exact) mass is 266 g/mol. The maximum absolute atomic E-state index is 13.5. The van der Waals surface area contributed by atoms with E-state index >= 15 is 0 Å². The summed E-state index contributed by atoms with van der Waals surface area (Å²) < 4.78 is 19.1. The third-order valence-corrected chi connectivity index (χ3v) is 3.88. The maximum atomic E-state index is 13.5. The topological polar surface area (TPSA) is 38.5 Å². The largest absolute Gasteiger partial charge is 0.376 e. The molecule has 0 aromatic heterocycles. The summed E-state index contributed by atoms with van der Waals surface area (Å²) >= 11 is 0. The fourth-order valence-corrected chi connectivity index (χ4v) is 2.77. The van der Waals surface area contributed by atoms with Crippen LogP contribution in [0.5, 0.6) is 0 Å². The van der Waals surface area contributed by atoms with Crippen molar-refractivity contribution in [3.63, 3.8) is 0 Å². The average molecular weight is 266 g/mol. The molecule has 2 rings (SSSR count).